The van der Waals surface area contributed by atoms with E-state index in [1.165, 1.54) is 4.70 Å². The molecule has 1 aliphatic carbocycles. The van der Waals surface area contributed by atoms with Crippen LogP contribution in [0.15, 0.2) is 29.6 Å². The van der Waals surface area contributed by atoms with E-state index in [4.69, 9.17) is 0 Å². The predicted octanol–water partition coefficient (Wildman–Crippen LogP) is 5.04. The molecule has 2 nitrogen and oxygen atoms in total. The number of hydrogen-bond acceptors (Lipinski definition) is 3. The molecule has 1 saturated carbocycles. The van der Waals surface area contributed by atoms with Gasteiger partial charge in [0.05, 0.1) is 17.6 Å². The zero-order chi connectivity index (χ0) is 15.1. The normalized spacial score (nSPS) is 21.8. The molecule has 0 aliphatic heterocycles. The van der Waals surface area contributed by atoms with Crippen LogP contribution in [0.5, 0.6) is 0 Å². The van der Waals surface area contributed by atoms with Crippen molar-refractivity contribution in [1.29, 1.82) is 5.26 Å². The lowest BCUT2D eigenvalue weighted by atomic mass is 9.62. The molecule has 3 rings (SSSR count). The third kappa shape index (κ3) is 2.47. The summed E-state index contributed by atoms with van der Waals surface area (Å²) < 4.78 is 1.18. The standard InChI is InChI=1S/C18H21NOS/c1-17(2)7-9-18(12-19,10-8-17)16(20)14-11-21-15-6-4-3-5-13(14)15/h3-6,11,16,20H,7-10H2,1-2H3. The van der Waals surface area contributed by atoms with Crippen molar-refractivity contribution >= 4 is 21.4 Å². The number of fused-ring (bicyclic) bond motifs is 1. The number of aliphatic hydroxyl groups is 1. The summed E-state index contributed by atoms with van der Waals surface area (Å²) in [5.74, 6) is 0. The highest BCUT2D eigenvalue weighted by molar-refractivity contribution is 7.17. The molecule has 1 aromatic carbocycles. The van der Waals surface area contributed by atoms with Gasteiger partial charge in [0.25, 0.3) is 0 Å². The first kappa shape index (κ1) is 14.6. The largest absolute Gasteiger partial charge is 0.387 e. The molecule has 1 N–H and O–H groups in total. The Labute approximate surface area is 130 Å². The minimum atomic E-state index is -0.685. The summed E-state index contributed by atoms with van der Waals surface area (Å²) in [5.41, 5.74) is 0.590. The maximum Gasteiger partial charge on any atom is 0.0990 e. The molecular formula is C18H21NOS. The van der Waals surface area contributed by atoms with Gasteiger partial charge in [-0.15, -0.1) is 11.3 Å². The van der Waals surface area contributed by atoms with Crippen LogP contribution in [0.1, 0.15) is 51.2 Å². The van der Waals surface area contributed by atoms with Gasteiger partial charge in [0.2, 0.25) is 0 Å². The van der Waals surface area contributed by atoms with Crippen molar-refractivity contribution in [3.8, 4) is 6.07 Å². The second-order valence-electron chi connectivity index (χ2n) is 7.02. The number of nitrogens with zero attached hydrogens (tertiary/aromatic N) is 1. The SMILES string of the molecule is CC1(C)CCC(C#N)(C(O)c2csc3ccccc23)CC1. The first-order valence-corrected chi connectivity index (χ1v) is 8.41. The zero-order valence-corrected chi connectivity index (χ0v) is 13.4. The second-order valence-corrected chi connectivity index (χ2v) is 7.93. The summed E-state index contributed by atoms with van der Waals surface area (Å²) in [5, 5.41) is 23.8. The summed E-state index contributed by atoms with van der Waals surface area (Å²) in [6, 6.07) is 10.6. The first-order valence-electron chi connectivity index (χ1n) is 7.53. The number of aliphatic hydroxyl groups excluding tert-OH is 1. The van der Waals surface area contributed by atoms with Crippen LogP contribution in [0.4, 0.5) is 0 Å². The van der Waals surface area contributed by atoms with E-state index in [2.05, 4.69) is 26.0 Å². The van der Waals surface area contributed by atoms with E-state index in [9.17, 15) is 10.4 Å². The molecule has 0 radical (unpaired) electrons. The average molecular weight is 299 g/mol. The highest BCUT2D eigenvalue weighted by Gasteiger charge is 2.45. The Bertz CT molecular complexity index is 685. The van der Waals surface area contributed by atoms with Gasteiger partial charge in [0.15, 0.2) is 0 Å². The maximum absolute atomic E-state index is 10.9. The lowest BCUT2D eigenvalue weighted by Gasteiger charge is -2.41. The van der Waals surface area contributed by atoms with Gasteiger partial charge in [-0.25, -0.2) is 0 Å². The lowest BCUT2D eigenvalue weighted by molar-refractivity contribution is 0.0106. The van der Waals surface area contributed by atoms with Crippen LogP contribution in [-0.4, -0.2) is 5.11 Å². The van der Waals surface area contributed by atoms with Gasteiger partial charge >= 0.3 is 0 Å². The number of rotatable bonds is 2. The van der Waals surface area contributed by atoms with Gasteiger partial charge in [0, 0.05) is 10.3 Å². The van der Waals surface area contributed by atoms with Gasteiger partial charge in [-0.1, -0.05) is 32.0 Å². The Morgan fingerprint density at radius 3 is 2.52 bits per heavy atom. The second kappa shape index (κ2) is 5.12. The monoisotopic (exact) mass is 299 g/mol. The minimum Gasteiger partial charge on any atom is -0.387 e. The minimum absolute atomic E-state index is 0.288. The fraction of sp³-hybridized carbons (Fsp3) is 0.500. The Balaban J connectivity index is 1.97. The Morgan fingerprint density at radius 2 is 1.86 bits per heavy atom. The van der Waals surface area contributed by atoms with Crippen LogP contribution < -0.4 is 0 Å². The average Bonchev–Trinajstić information content (AvgIpc) is 2.91. The molecule has 3 heteroatoms. The fourth-order valence-corrected chi connectivity index (χ4v) is 4.31. The number of nitriles is 1. The number of thiophene rings is 1. The van der Waals surface area contributed by atoms with Gasteiger partial charge in [0.1, 0.15) is 0 Å². The summed E-state index contributed by atoms with van der Waals surface area (Å²) in [6.45, 7) is 4.50. The van der Waals surface area contributed by atoms with E-state index in [-0.39, 0.29) is 5.41 Å². The third-order valence-electron chi connectivity index (χ3n) is 5.05. The van der Waals surface area contributed by atoms with E-state index in [1.807, 2.05) is 23.6 Å². The van der Waals surface area contributed by atoms with Crippen molar-refractivity contribution in [3.63, 3.8) is 0 Å². The van der Waals surface area contributed by atoms with E-state index in [0.717, 1.165) is 36.6 Å². The predicted molar refractivity (Wildman–Crippen MR) is 87.1 cm³/mol. The summed E-state index contributed by atoms with van der Waals surface area (Å²) >= 11 is 1.65. The molecule has 21 heavy (non-hydrogen) atoms. The van der Waals surface area contributed by atoms with Crippen LogP contribution in [0.25, 0.3) is 10.1 Å². The number of benzene rings is 1. The quantitative estimate of drug-likeness (QED) is 0.843. The van der Waals surface area contributed by atoms with Crippen LogP contribution in [0.3, 0.4) is 0 Å². The topological polar surface area (TPSA) is 44.0 Å². The first-order chi connectivity index (χ1) is 9.97. The van der Waals surface area contributed by atoms with Gasteiger partial charge in [-0.3, -0.25) is 0 Å². The smallest absolute Gasteiger partial charge is 0.0990 e. The van der Waals surface area contributed by atoms with Crippen LogP contribution >= 0.6 is 11.3 Å². The summed E-state index contributed by atoms with van der Waals surface area (Å²) in [6.07, 6.45) is 2.87. The Kier molecular flexibility index (Phi) is 3.55. The highest BCUT2D eigenvalue weighted by Crippen LogP contribution is 2.52. The van der Waals surface area contributed by atoms with Crippen molar-refractivity contribution in [2.75, 3.05) is 0 Å². The van der Waals surface area contributed by atoms with Crippen molar-refractivity contribution in [2.24, 2.45) is 10.8 Å². The van der Waals surface area contributed by atoms with Crippen LogP contribution in [0, 0.1) is 22.2 Å². The molecule has 110 valence electrons. The molecule has 0 spiro atoms. The molecule has 1 heterocycles. The highest BCUT2D eigenvalue weighted by atomic mass is 32.1. The Hall–Kier alpha value is -1.37. The molecule has 0 bridgehead atoms. The summed E-state index contributed by atoms with van der Waals surface area (Å²) in [7, 11) is 0. The molecule has 0 amide bonds. The van der Waals surface area contributed by atoms with Crippen LogP contribution in [0.2, 0.25) is 0 Å². The Morgan fingerprint density at radius 1 is 1.19 bits per heavy atom. The zero-order valence-electron chi connectivity index (χ0n) is 12.6. The molecule has 1 aliphatic rings. The molecule has 1 atom stereocenters. The van der Waals surface area contributed by atoms with Crippen molar-refractivity contribution < 1.29 is 5.11 Å². The molecule has 2 aromatic rings. The van der Waals surface area contributed by atoms with Crippen molar-refractivity contribution in [3.05, 3.63) is 35.2 Å². The van der Waals surface area contributed by atoms with Gasteiger partial charge in [-0.05, 0) is 47.9 Å². The van der Waals surface area contributed by atoms with Crippen molar-refractivity contribution in [1.82, 2.24) is 0 Å². The van der Waals surface area contributed by atoms with E-state index in [1.54, 1.807) is 11.3 Å². The maximum atomic E-state index is 10.9. The molecule has 1 fully saturated rings. The third-order valence-corrected chi connectivity index (χ3v) is 6.03. The molecule has 1 aromatic heterocycles. The van der Waals surface area contributed by atoms with E-state index >= 15 is 0 Å². The lowest BCUT2D eigenvalue weighted by Crippen LogP contribution is -2.35. The molecule has 1 unspecified atom stereocenters. The number of hydrogen-bond donors (Lipinski definition) is 1. The van der Waals surface area contributed by atoms with E-state index < -0.39 is 11.5 Å². The van der Waals surface area contributed by atoms with Crippen LogP contribution in [-0.2, 0) is 0 Å². The van der Waals surface area contributed by atoms with E-state index in [0.29, 0.717) is 0 Å². The van der Waals surface area contributed by atoms with Gasteiger partial charge in [-0.2, -0.15) is 5.26 Å². The molecule has 0 saturated heterocycles. The fourth-order valence-electron chi connectivity index (χ4n) is 3.33. The van der Waals surface area contributed by atoms with Gasteiger partial charge < -0.3 is 5.11 Å². The summed E-state index contributed by atoms with van der Waals surface area (Å²) in [4.78, 5) is 0. The van der Waals surface area contributed by atoms with Crippen molar-refractivity contribution in [2.45, 2.75) is 45.6 Å². The molecular weight excluding hydrogens is 278 g/mol.